The van der Waals surface area contributed by atoms with Crippen LogP contribution in [0, 0.1) is 0 Å². The lowest BCUT2D eigenvalue weighted by molar-refractivity contribution is -0.134. The molecule has 1 rings (SSSR count). The SMILES string of the molecule is CNC(=O)NC(=O)N1CC=C(Cl)C=C1C(=O)O. The molecule has 0 aliphatic carbocycles. The quantitative estimate of drug-likeness (QED) is 0.636. The number of carboxylic acid groups (broad SMARTS) is 1. The highest BCUT2D eigenvalue weighted by Gasteiger charge is 2.26. The number of carboxylic acids is 1. The minimum Gasteiger partial charge on any atom is -0.477 e. The van der Waals surface area contributed by atoms with Crippen molar-refractivity contribution in [3.8, 4) is 0 Å². The molecule has 3 N–H and O–H groups in total. The smallest absolute Gasteiger partial charge is 0.352 e. The average molecular weight is 260 g/mol. The van der Waals surface area contributed by atoms with Gasteiger partial charge in [0.05, 0.1) is 0 Å². The summed E-state index contributed by atoms with van der Waals surface area (Å²) in [6.45, 7) is -0.0141. The number of hydrogen-bond donors (Lipinski definition) is 3. The molecule has 0 unspecified atom stereocenters. The van der Waals surface area contributed by atoms with Gasteiger partial charge in [-0.2, -0.15) is 0 Å². The van der Waals surface area contributed by atoms with E-state index >= 15 is 0 Å². The maximum absolute atomic E-state index is 11.6. The molecule has 0 aromatic carbocycles. The lowest BCUT2D eigenvalue weighted by Crippen LogP contribution is -2.47. The molecule has 0 fully saturated rings. The van der Waals surface area contributed by atoms with Crippen LogP contribution in [-0.2, 0) is 4.79 Å². The zero-order chi connectivity index (χ0) is 13.0. The van der Waals surface area contributed by atoms with Gasteiger partial charge in [0.15, 0.2) is 0 Å². The lowest BCUT2D eigenvalue weighted by Gasteiger charge is -2.24. The first-order valence-electron chi connectivity index (χ1n) is 4.56. The molecule has 0 aromatic heterocycles. The summed E-state index contributed by atoms with van der Waals surface area (Å²) in [4.78, 5) is 34.3. The molecule has 1 heterocycles. The number of urea groups is 2. The zero-order valence-electron chi connectivity index (χ0n) is 8.86. The Kier molecular flexibility index (Phi) is 4.11. The number of imide groups is 1. The van der Waals surface area contributed by atoms with Crippen LogP contribution < -0.4 is 10.6 Å². The van der Waals surface area contributed by atoms with Gasteiger partial charge in [0.25, 0.3) is 0 Å². The van der Waals surface area contributed by atoms with Crippen LogP contribution >= 0.6 is 11.6 Å². The van der Waals surface area contributed by atoms with Gasteiger partial charge in [-0.3, -0.25) is 10.2 Å². The summed E-state index contributed by atoms with van der Waals surface area (Å²) in [6.07, 6.45) is 2.59. The fourth-order valence-corrected chi connectivity index (χ4v) is 1.31. The Labute approximate surface area is 102 Å². The summed E-state index contributed by atoms with van der Waals surface area (Å²) >= 11 is 5.64. The maximum atomic E-state index is 11.6. The number of nitrogens with one attached hydrogen (secondary N) is 2. The average Bonchev–Trinajstić information content (AvgIpc) is 2.28. The number of rotatable bonds is 1. The molecule has 92 valence electrons. The van der Waals surface area contributed by atoms with Crippen molar-refractivity contribution in [2.24, 2.45) is 0 Å². The van der Waals surface area contributed by atoms with Crippen molar-refractivity contribution < 1.29 is 19.5 Å². The van der Waals surface area contributed by atoms with Crippen molar-refractivity contribution >= 4 is 29.6 Å². The van der Waals surface area contributed by atoms with Crippen molar-refractivity contribution in [3.63, 3.8) is 0 Å². The van der Waals surface area contributed by atoms with Crippen molar-refractivity contribution in [1.82, 2.24) is 15.5 Å². The Balaban J connectivity index is 2.84. The van der Waals surface area contributed by atoms with E-state index in [0.717, 1.165) is 11.0 Å². The number of allylic oxidation sites excluding steroid dienone is 2. The molecule has 0 saturated heterocycles. The van der Waals surface area contributed by atoms with Crippen LogP contribution in [0.1, 0.15) is 0 Å². The molecule has 0 radical (unpaired) electrons. The van der Waals surface area contributed by atoms with E-state index in [0.29, 0.717) is 0 Å². The standard InChI is InChI=1S/C9H10ClN3O4/c1-11-8(16)12-9(17)13-3-2-5(10)4-6(13)7(14)15/h2,4H,3H2,1H3,(H,14,15)(H2,11,12,16,17). The van der Waals surface area contributed by atoms with Gasteiger partial charge >= 0.3 is 18.0 Å². The van der Waals surface area contributed by atoms with Crippen LogP contribution in [0.25, 0.3) is 0 Å². The van der Waals surface area contributed by atoms with Gasteiger partial charge < -0.3 is 10.4 Å². The molecule has 0 saturated carbocycles. The van der Waals surface area contributed by atoms with Gasteiger partial charge in [0, 0.05) is 18.6 Å². The molecule has 17 heavy (non-hydrogen) atoms. The van der Waals surface area contributed by atoms with Crippen LogP contribution in [-0.4, -0.2) is 41.6 Å². The summed E-state index contributed by atoms with van der Waals surface area (Å²) in [5.74, 6) is -1.30. The molecule has 0 aromatic rings. The lowest BCUT2D eigenvalue weighted by atomic mass is 10.2. The maximum Gasteiger partial charge on any atom is 0.352 e. The fraction of sp³-hybridized carbons (Fsp3) is 0.222. The predicted molar refractivity (Wildman–Crippen MR) is 59.3 cm³/mol. The molecular formula is C9H10ClN3O4. The van der Waals surface area contributed by atoms with E-state index < -0.39 is 18.0 Å². The van der Waals surface area contributed by atoms with E-state index in [1.807, 2.05) is 5.32 Å². The van der Waals surface area contributed by atoms with Gasteiger partial charge in [-0.1, -0.05) is 11.6 Å². The molecule has 7 nitrogen and oxygen atoms in total. The first-order valence-corrected chi connectivity index (χ1v) is 4.94. The van der Waals surface area contributed by atoms with E-state index in [2.05, 4.69) is 5.32 Å². The first kappa shape index (κ1) is 13.0. The van der Waals surface area contributed by atoms with E-state index in [1.165, 1.54) is 13.1 Å². The van der Waals surface area contributed by atoms with Crippen molar-refractivity contribution in [3.05, 3.63) is 22.9 Å². The third kappa shape index (κ3) is 3.22. The van der Waals surface area contributed by atoms with Gasteiger partial charge in [-0.05, 0) is 12.2 Å². The number of carbonyl (C=O) groups excluding carboxylic acids is 2. The molecule has 0 spiro atoms. The number of hydrogen-bond acceptors (Lipinski definition) is 3. The van der Waals surface area contributed by atoms with Gasteiger partial charge in [-0.25, -0.2) is 14.4 Å². The van der Waals surface area contributed by atoms with E-state index in [-0.39, 0.29) is 17.3 Å². The van der Waals surface area contributed by atoms with Crippen LogP contribution in [0.4, 0.5) is 9.59 Å². The number of amides is 4. The predicted octanol–water partition coefficient (Wildman–Crippen LogP) is 0.442. The topological polar surface area (TPSA) is 98.7 Å². The summed E-state index contributed by atoms with van der Waals surface area (Å²) < 4.78 is 0. The minimum absolute atomic E-state index is 0.0141. The Morgan fingerprint density at radius 3 is 2.65 bits per heavy atom. The van der Waals surface area contributed by atoms with Gasteiger partial charge in [0.2, 0.25) is 0 Å². The molecule has 0 bridgehead atoms. The Morgan fingerprint density at radius 1 is 1.47 bits per heavy atom. The third-order valence-electron chi connectivity index (χ3n) is 1.95. The molecule has 4 amide bonds. The Bertz CT molecular complexity index is 430. The summed E-state index contributed by atoms with van der Waals surface area (Å²) in [7, 11) is 1.34. The Morgan fingerprint density at radius 2 is 2.12 bits per heavy atom. The molecular weight excluding hydrogens is 250 g/mol. The van der Waals surface area contributed by atoms with E-state index in [4.69, 9.17) is 16.7 Å². The Hall–Kier alpha value is -2.02. The molecule has 8 heteroatoms. The second-order valence-electron chi connectivity index (χ2n) is 3.04. The van der Waals surface area contributed by atoms with Crippen LogP contribution in [0.5, 0.6) is 0 Å². The van der Waals surface area contributed by atoms with Crippen LogP contribution in [0.15, 0.2) is 22.9 Å². The van der Waals surface area contributed by atoms with Gasteiger partial charge in [-0.15, -0.1) is 0 Å². The van der Waals surface area contributed by atoms with E-state index in [9.17, 15) is 14.4 Å². The normalized spacial score (nSPS) is 14.6. The second-order valence-corrected chi connectivity index (χ2v) is 3.48. The zero-order valence-corrected chi connectivity index (χ0v) is 9.61. The van der Waals surface area contributed by atoms with Crippen molar-refractivity contribution in [2.45, 2.75) is 0 Å². The number of nitrogens with zero attached hydrogens (tertiary/aromatic N) is 1. The van der Waals surface area contributed by atoms with E-state index in [1.54, 1.807) is 0 Å². The highest BCUT2D eigenvalue weighted by atomic mass is 35.5. The largest absolute Gasteiger partial charge is 0.477 e. The minimum atomic E-state index is -1.30. The van der Waals surface area contributed by atoms with Crippen molar-refractivity contribution in [1.29, 1.82) is 0 Å². The van der Waals surface area contributed by atoms with Crippen molar-refractivity contribution in [2.75, 3.05) is 13.6 Å². The molecule has 0 atom stereocenters. The summed E-state index contributed by atoms with van der Waals surface area (Å²) in [5.41, 5.74) is -0.293. The second kappa shape index (κ2) is 5.35. The highest BCUT2D eigenvalue weighted by Crippen LogP contribution is 2.17. The molecule has 1 aliphatic rings. The van der Waals surface area contributed by atoms with Crippen LogP contribution in [0.3, 0.4) is 0 Å². The monoisotopic (exact) mass is 259 g/mol. The highest BCUT2D eigenvalue weighted by molar-refractivity contribution is 6.31. The fourth-order valence-electron chi connectivity index (χ4n) is 1.14. The number of carbonyl (C=O) groups is 3. The first-order chi connectivity index (χ1) is 7.95. The van der Waals surface area contributed by atoms with Crippen LogP contribution in [0.2, 0.25) is 0 Å². The summed E-state index contributed by atoms with van der Waals surface area (Å²) in [5, 5.41) is 13.3. The summed E-state index contributed by atoms with van der Waals surface area (Å²) in [6, 6.07) is -1.56. The number of aliphatic carboxylic acids is 1. The van der Waals surface area contributed by atoms with Gasteiger partial charge in [0.1, 0.15) is 5.70 Å². The third-order valence-corrected chi connectivity index (χ3v) is 2.21. The number of halogens is 1. The molecule has 1 aliphatic heterocycles.